The molecule has 2 heterocycles. The summed E-state index contributed by atoms with van der Waals surface area (Å²) < 4.78 is 25.5. The summed E-state index contributed by atoms with van der Waals surface area (Å²) in [6.45, 7) is 4.18. The van der Waals surface area contributed by atoms with Crippen molar-refractivity contribution in [3.8, 4) is 0 Å². The largest absolute Gasteiger partial charge is 0.412 e. The summed E-state index contributed by atoms with van der Waals surface area (Å²) in [7, 11) is -1.99. The van der Waals surface area contributed by atoms with Crippen LogP contribution in [0.3, 0.4) is 0 Å². The van der Waals surface area contributed by atoms with E-state index in [2.05, 4.69) is 31.8 Å². The minimum atomic E-state index is -3.92. The van der Waals surface area contributed by atoms with Crippen LogP contribution in [0, 0.1) is 13.8 Å². The number of aryl methyl sites for hydroxylation is 2. The molecule has 6 N–H and O–H groups in total. The van der Waals surface area contributed by atoms with Crippen LogP contribution in [0.1, 0.15) is 16.8 Å². The lowest BCUT2D eigenvalue weighted by Crippen LogP contribution is -2.14. The molecule has 0 saturated heterocycles. The first-order valence-corrected chi connectivity index (χ1v) is 11.6. The second-order valence-corrected chi connectivity index (χ2v) is 9.37. The van der Waals surface area contributed by atoms with Crippen LogP contribution in [0.4, 0.5) is 17.5 Å². The molecule has 4 rings (SSSR count). The van der Waals surface area contributed by atoms with E-state index in [-0.39, 0.29) is 21.3 Å². The summed E-state index contributed by atoms with van der Waals surface area (Å²) in [5, 5.41) is 17.4. The van der Waals surface area contributed by atoms with E-state index in [0.29, 0.717) is 23.6 Å². The number of hydrogen-bond acceptors (Lipinski definition) is 7. The van der Waals surface area contributed by atoms with Crippen molar-refractivity contribution in [2.45, 2.75) is 25.3 Å². The molecule has 0 unspecified atom stereocenters. The molecule has 0 aliphatic carbocycles. The van der Waals surface area contributed by atoms with E-state index in [0.717, 1.165) is 22.2 Å². The molecule has 0 bridgehead atoms. The fraction of sp³-hybridized carbons (Fsp3) is 0.190. The number of sulfonamides is 1. The molecule has 0 aliphatic heterocycles. The highest BCUT2D eigenvalue weighted by Crippen LogP contribution is 2.28. The molecular formula is C21H24ClN7O3S. The maximum Gasteiger partial charge on any atom is 0.238 e. The van der Waals surface area contributed by atoms with Gasteiger partial charge in [-0.3, -0.25) is 4.68 Å². The topological polar surface area (TPSA) is 159 Å². The monoisotopic (exact) mass is 489 g/mol. The third-order valence-electron chi connectivity index (χ3n) is 5.18. The third kappa shape index (κ3) is 5.22. The summed E-state index contributed by atoms with van der Waals surface area (Å²) in [4.78, 5) is 8.57. The predicted molar refractivity (Wildman–Crippen MR) is 129 cm³/mol. The highest BCUT2D eigenvalue weighted by atomic mass is 35.5. The van der Waals surface area contributed by atoms with Crippen molar-refractivity contribution in [3.05, 3.63) is 64.4 Å². The first-order valence-electron chi connectivity index (χ1n) is 9.71. The molecule has 12 heteroatoms. The minimum Gasteiger partial charge on any atom is -0.412 e. The third-order valence-corrected chi connectivity index (χ3v) is 6.61. The van der Waals surface area contributed by atoms with E-state index in [1.54, 1.807) is 25.3 Å². The molecule has 2 aromatic heterocycles. The Kier molecular flexibility index (Phi) is 6.89. The Balaban J connectivity index is 0.00000306. The van der Waals surface area contributed by atoms with Crippen molar-refractivity contribution in [2.24, 2.45) is 12.2 Å². The number of aromatic nitrogens is 4. The van der Waals surface area contributed by atoms with Crippen LogP contribution < -0.4 is 15.8 Å². The summed E-state index contributed by atoms with van der Waals surface area (Å²) in [6, 6.07) is 10.9. The number of anilines is 3. The lowest BCUT2D eigenvalue weighted by atomic mass is 10.1. The Hall–Kier alpha value is -3.25. The molecule has 0 aliphatic rings. The van der Waals surface area contributed by atoms with Crippen molar-refractivity contribution in [2.75, 3.05) is 10.6 Å². The molecule has 174 valence electrons. The van der Waals surface area contributed by atoms with Gasteiger partial charge < -0.3 is 16.1 Å². The van der Waals surface area contributed by atoms with E-state index in [1.807, 2.05) is 30.8 Å². The molecule has 0 saturated carbocycles. The van der Waals surface area contributed by atoms with E-state index >= 15 is 0 Å². The standard InChI is InChI=1S/C21H22ClN7O2S.H2O/c1-12-17(22)9-15(10-19(12)32(23,30)31)26-21-24-7-6-20(27-21)25-11-14-4-5-16-13(2)29(3)28-18(16)8-14;/h4-10H,11H2,1-3H3,(H2,23,30,31)(H2,24,25,26,27);1H2. The summed E-state index contributed by atoms with van der Waals surface area (Å²) in [5.41, 5.74) is 3.92. The van der Waals surface area contributed by atoms with E-state index in [9.17, 15) is 8.42 Å². The van der Waals surface area contributed by atoms with Crippen molar-refractivity contribution in [1.29, 1.82) is 0 Å². The molecule has 0 amide bonds. The number of nitrogens with two attached hydrogens (primary N) is 1. The van der Waals surface area contributed by atoms with Crippen LogP contribution >= 0.6 is 11.6 Å². The molecular weight excluding hydrogens is 466 g/mol. The normalized spacial score (nSPS) is 11.3. The minimum absolute atomic E-state index is 0. The second-order valence-electron chi connectivity index (χ2n) is 7.43. The van der Waals surface area contributed by atoms with E-state index < -0.39 is 10.0 Å². The Morgan fingerprint density at radius 3 is 2.64 bits per heavy atom. The van der Waals surface area contributed by atoms with Gasteiger partial charge in [-0.2, -0.15) is 10.1 Å². The number of hydrogen-bond donors (Lipinski definition) is 3. The van der Waals surface area contributed by atoms with Crippen molar-refractivity contribution < 1.29 is 13.9 Å². The van der Waals surface area contributed by atoms with Gasteiger partial charge in [0.15, 0.2) is 0 Å². The van der Waals surface area contributed by atoms with Crippen molar-refractivity contribution in [3.63, 3.8) is 0 Å². The molecule has 10 nitrogen and oxygen atoms in total. The van der Waals surface area contributed by atoms with Gasteiger partial charge in [0, 0.05) is 41.6 Å². The van der Waals surface area contributed by atoms with Gasteiger partial charge in [0.1, 0.15) is 5.82 Å². The molecule has 33 heavy (non-hydrogen) atoms. The maximum atomic E-state index is 11.8. The van der Waals surface area contributed by atoms with Gasteiger partial charge in [-0.1, -0.05) is 23.7 Å². The van der Waals surface area contributed by atoms with Crippen molar-refractivity contribution >= 4 is 50.0 Å². The van der Waals surface area contributed by atoms with Crippen LogP contribution in [-0.4, -0.2) is 33.6 Å². The van der Waals surface area contributed by atoms with E-state index in [4.69, 9.17) is 16.7 Å². The highest BCUT2D eigenvalue weighted by Gasteiger charge is 2.16. The van der Waals surface area contributed by atoms with Crippen LogP contribution in [0.5, 0.6) is 0 Å². The van der Waals surface area contributed by atoms with Gasteiger partial charge >= 0.3 is 0 Å². The number of rotatable bonds is 6. The number of halogens is 1. The Bertz CT molecular complexity index is 1440. The first kappa shape index (κ1) is 24.4. The van der Waals surface area contributed by atoms with Gasteiger partial charge in [0.2, 0.25) is 16.0 Å². The first-order chi connectivity index (χ1) is 15.1. The zero-order chi connectivity index (χ0) is 23.0. The molecule has 0 radical (unpaired) electrons. The van der Waals surface area contributed by atoms with Crippen LogP contribution in [0.15, 0.2) is 47.5 Å². The zero-order valence-corrected chi connectivity index (χ0v) is 19.8. The number of primary sulfonamides is 1. The number of benzene rings is 2. The Morgan fingerprint density at radius 2 is 1.91 bits per heavy atom. The summed E-state index contributed by atoms with van der Waals surface area (Å²) in [6.07, 6.45) is 1.60. The molecule has 0 spiro atoms. The second kappa shape index (κ2) is 9.32. The average Bonchev–Trinajstić information content (AvgIpc) is 3.01. The van der Waals surface area contributed by atoms with Gasteiger partial charge in [-0.05, 0) is 49.2 Å². The smallest absolute Gasteiger partial charge is 0.238 e. The Labute approximate surface area is 196 Å². The van der Waals surface area contributed by atoms with Crippen LogP contribution in [-0.2, 0) is 23.6 Å². The predicted octanol–water partition coefficient (Wildman–Crippen LogP) is 2.81. The van der Waals surface area contributed by atoms with Crippen molar-refractivity contribution in [1.82, 2.24) is 19.7 Å². The fourth-order valence-corrected chi connectivity index (χ4v) is 4.45. The molecule has 0 fully saturated rings. The quantitative estimate of drug-likeness (QED) is 0.375. The van der Waals surface area contributed by atoms with Gasteiger partial charge in [0.25, 0.3) is 0 Å². The highest BCUT2D eigenvalue weighted by molar-refractivity contribution is 7.89. The summed E-state index contributed by atoms with van der Waals surface area (Å²) >= 11 is 6.17. The fourth-order valence-electron chi connectivity index (χ4n) is 3.35. The molecule has 2 aromatic carbocycles. The van der Waals surface area contributed by atoms with Gasteiger partial charge in [-0.15, -0.1) is 0 Å². The SMILES string of the molecule is Cc1c(Cl)cc(Nc2nccc(NCc3ccc4c(C)n(C)nc4c3)n2)cc1S(N)(=O)=O.O. The van der Waals surface area contributed by atoms with Gasteiger partial charge in [0.05, 0.1) is 10.4 Å². The zero-order valence-electron chi connectivity index (χ0n) is 18.2. The van der Waals surface area contributed by atoms with Gasteiger partial charge in [-0.25, -0.2) is 18.5 Å². The van der Waals surface area contributed by atoms with E-state index in [1.165, 1.54) is 6.07 Å². The molecule has 0 atom stereocenters. The lowest BCUT2D eigenvalue weighted by molar-refractivity contribution is 0.597. The average molecular weight is 490 g/mol. The number of nitrogens with one attached hydrogen (secondary N) is 2. The number of nitrogens with zero attached hydrogens (tertiary/aromatic N) is 4. The lowest BCUT2D eigenvalue weighted by Gasteiger charge is -2.12. The van der Waals surface area contributed by atoms with Crippen LogP contribution in [0.25, 0.3) is 10.9 Å². The number of fused-ring (bicyclic) bond motifs is 1. The molecule has 4 aromatic rings. The summed E-state index contributed by atoms with van der Waals surface area (Å²) in [5.74, 6) is 0.885. The van der Waals surface area contributed by atoms with Crippen LogP contribution in [0.2, 0.25) is 5.02 Å². The Morgan fingerprint density at radius 1 is 1.15 bits per heavy atom. The maximum absolute atomic E-state index is 11.8.